The molecule has 2 aliphatic carbocycles. The topological polar surface area (TPSA) is 90.6 Å². The molecule has 2 atom stereocenters. The minimum Gasteiger partial charge on any atom is -0.378 e. The zero-order valence-electron chi connectivity index (χ0n) is 27.9. The number of pyridine rings is 1. The Morgan fingerprint density at radius 3 is 2.47 bits per heavy atom. The van der Waals surface area contributed by atoms with Crippen molar-refractivity contribution in [2.24, 2.45) is 11.3 Å². The Morgan fingerprint density at radius 2 is 1.74 bits per heavy atom. The second-order valence-electron chi connectivity index (χ2n) is 14.4. The fourth-order valence-corrected chi connectivity index (χ4v) is 8.43. The zero-order valence-corrected chi connectivity index (χ0v) is 27.9. The molecule has 4 aromatic rings. The highest BCUT2D eigenvalue weighted by Crippen LogP contribution is 2.67. The maximum Gasteiger partial charge on any atom is 0.250 e. The van der Waals surface area contributed by atoms with E-state index in [1.807, 2.05) is 35.4 Å². The first-order valence-corrected chi connectivity index (χ1v) is 17.3. The normalized spacial score (nSPS) is 21.7. The van der Waals surface area contributed by atoms with Gasteiger partial charge in [0.05, 0.1) is 13.2 Å². The van der Waals surface area contributed by atoms with Crippen molar-refractivity contribution in [1.29, 1.82) is 0 Å². The van der Waals surface area contributed by atoms with Crippen molar-refractivity contribution in [2.75, 3.05) is 36.5 Å². The first kappa shape index (κ1) is 31.4. The molecule has 8 nitrogen and oxygen atoms in total. The quantitative estimate of drug-likeness (QED) is 0.203. The number of aryl methyl sites for hydroxylation is 1. The third-order valence-corrected chi connectivity index (χ3v) is 11.2. The van der Waals surface area contributed by atoms with E-state index in [1.165, 1.54) is 16.6 Å². The number of fused-ring (bicyclic) bond motifs is 1. The number of nitrogens with zero attached hydrogens (tertiary/aromatic N) is 3. The number of carbonyl (C=O) groups is 2. The van der Waals surface area contributed by atoms with Gasteiger partial charge in [-0.25, -0.2) is 0 Å². The highest BCUT2D eigenvalue weighted by Gasteiger charge is 2.60. The monoisotopic (exact) mass is 633 g/mol. The van der Waals surface area contributed by atoms with Crippen LogP contribution >= 0.6 is 0 Å². The number of rotatable bonds is 9. The molecule has 3 aliphatic rings. The number of hydrogen-bond donors (Lipinski definition) is 2. The summed E-state index contributed by atoms with van der Waals surface area (Å²) in [5, 5.41) is 4.50. The third kappa shape index (κ3) is 6.04. The average Bonchev–Trinajstić information content (AvgIpc) is 3.44. The molecule has 0 radical (unpaired) electrons. The van der Waals surface area contributed by atoms with E-state index in [0.29, 0.717) is 25.8 Å². The van der Waals surface area contributed by atoms with Crippen molar-refractivity contribution in [1.82, 2.24) is 14.9 Å². The van der Waals surface area contributed by atoms with E-state index in [4.69, 9.17) is 4.74 Å². The Morgan fingerprint density at radius 1 is 1.00 bits per heavy atom. The number of benzene rings is 2. The number of anilines is 2. The number of amides is 2. The Hall–Kier alpha value is -4.17. The van der Waals surface area contributed by atoms with Gasteiger partial charge in [0, 0.05) is 66.4 Å². The number of aromatic nitrogens is 2. The Kier molecular flexibility index (Phi) is 8.56. The van der Waals surface area contributed by atoms with Crippen molar-refractivity contribution < 1.29 is 14.3 Å². The van der Waals surface area contributed by atoms with Gasteiger partial charge in [-0.05, 0) is 84.5 Å². The summed E-state index contributed by atoms with van der Waals surface area (Å²) in [6.45, 7) is 10.2. The number of nitrogens with one attached hydrogen (secondary N) is 2. The van der Waals surface area contributed by atoms with Gasteiger partial charge in [0.2, 0.25) is 11.8 Å². The van der Waals surface area contributed by atoms with E-state index < -0.39 is 5.54 Å². The predicted molar refractivity (Wildman–Crippen MR) is 186 cm³/mol. The molecular weight excluding hydrogens is 586 g/mol. The third-order valence-electron chi connectivity index (χ3n) is 11.2. The fraction of sp³-hybridized carbons (Fsp3) is 0.462. The molecule has 8 heteroatoms. The van der Waals surface area contributed by atoms with Crippen LogP contribution in [0.2, 0.25) is 0 Å². The molecule has 2 N–H and O–H groups in total. The second-order valence-corrected chi connectivity index (χ2v) is 14.4. The molecular formula is C39H47N5O3. The van der Waals surface area contributed by atoms with Crippen LogP contribution in [-0.2, 0) is 20.9 Å². The molecule has 1 aliphatic heterocycles. The van der Waals surface area contributed by atoms with Gasteiger partial charge in [0.25, 0.3) is 0 Å². The average molecular weight is 634 g/mol. The van der Waals surface area contributed by atoms with Crippen molar-refractivity contribution in [2.45, 2.75) is 77.3 Å². The smallest absolute Gasteiger partial charge is 0.250 e. The summed E-state index contributed by atoms with van der Waals surface area (Å²) >= 11 is 0. The molecule has 1 saturated heterocycles. The molecule has 7 rings (SSSR count). The van der Waals surface area contributed by atoms with Crippen LogP contribution in [0, 0.1) is 18.3 Å². The minimum atomic E-state index is -0.931. The van der Waals surface area contributed by atoms with Crippen molar-refractivity contribution >= 4 is 34.1 Å². The van der Waals surface area contributed by atoms with E-state index in [9.17, 15) is 9.59 Å². The van der Waals surface area contributed by atoms with Crippen LogP contribution in [-0.4, -0.2) is 58.5 Å². The number of hydrogen-bond acceptors (Lipinski definition) is 5. The number of ether oxygens (including phenoxy) is 1. The number of para-hydroxylation sites is 1. The highest BCUT2D eigenvalue weighted by molar-refractivity contribution is 6.01. The molecule has 0 unspecified atom stereocenters. The Balaban J connectivity index is 1.17. The molecule has 47 heavy (non-hydrogen) atoms. The van der Waals surface area contributed by atoms with Gasteiger partial charge < -0.3 is 24.8 Å². The maximum absolute atomic E-state index is 14.7. The lowest BCUT2D eigenvalue weighted by molar-refractivity contribution is -0.149. The SMILES string of the molecule is Cc1[nH]c2ccccc2c1[C@@H]1[C@H](CC(=O)N(Cc2cccnc2)C2(C(=O)Nc3ccc(N4CCOCC4)cc3)CCCCC2)C1(C)C. The largest absolute Gasteiger partial charge is 0.378 e. The van der Waals surface area contributed by atoms with Crippen molar-refractivity contribution in [3.8, 4) is 0 Å². The van der Waals surface area contributed by atoms with Crippen LogP contribution in [0.15, 0.2) is 73.1 Å². The molecule has 2 aromatic carbocycles. The lowest BCUT2D eigenvalue weighted by Gasteiger charge is -2.45. The van der Waals surface area contributed by atoms with E-state index in [0.717, 1.165) is 68.0 Å². The van der Waals surface area contributed by atoms with Crippen LogP contribution in [0.5, 0.6) is 0 Å². The van der Waals surface area contributed by atoms with Crippen molar-refractivity contribution in [3.05, 3.63) is 89.9 Å². The lowest BCUT2D eigenvalue weighted by atomic mass is 9.78. The standard InChI is InChI=1S/C39H47N5O3/c1-27-35(31-11-5-6-12-33(31)41-27)36-32(38(36,2)3)24-34(45)44(26-28-10-9-19-40-25-28)39(17-7-4-8-18-39)37(46)42-29-13-15-30(16-14-29)43-20-22-47-23-21-43/h5-6,9-16,19,25,32,36,41H,4,7-8,17-18,20-24,26H2,1-3H3,(H,42,46)/t32-,36-/m0/s1. The van der Waals surface area contributed by atoms with Gasteiger partial charge in [0.1, 0.15) is 5.54 Å². The lowest BCUT2D eigenvalue weighted by Crippen LogP contribution is -2.59. The van der Waals surface area contributed by atoms with Crippen LogP contribution < -0.4 is 10.2 Å². The van der Waals surface area contributed by atoms with E-state index in [2.05, 4.69) is 77.4 Å². The summed E-state index contributed by atoms with van der Waals surface area (Å²) < 4.78 is 5.51. The maximum atomic E-state index is 14.7. The molecule has 246 valence electrons. The summed E-state index contributed by atoms with van der Waals surface area (Å²) in [4.78, 5) is 41.4. The predicted octanol–water partition coefficient (Wildman–Crippen LogP) is 7.21. The first-order chi connectivity index (χ1) is 22.8. The van der Waals surface area contributed by atoms with E-state index in [1.54, 1.807) is 6.20 Å². The summed E-state index contributed by atoms with van der Waals surface area (Å²) in [5.41, 5.74) is 5.49. The summed E-state index contributed by atoms with van der Waals surface area (Å²) in [6.07, 6.45) is 8.15. The molecule has 2 aromatic heterocycles. The Bertz CT molecular complexity index is 1720. The van der Waals surface area contributed by atoms with Gasteiger partial charge in [-0.2, -0.15) is 0 Å². The fourth-order valence-electron chi connectivity index (χ4n) is 8.43. The van der Waals surface area contributed by atoms with Crippen LogP contribution in [0.1, 0.15) is 75.1 Å². The highest BCUT2D eigenvalue weighted by atomic mass is 16.5. The van der Waals surface area contributed by atoms with Gasteiger partial charge >= 0.3 is 0 Å². The molecule has 3 fully saturated rings. The molecule has 0 bridgehead atoms. The number of carbonyl (C=O) groups excluding carboxylic acids is 2. The van der Waals surface area contributed by atoms with Gasteiger partial charge in [-0.3, -0.25) is 14.6 Å². The summed E-state index contributed by atoms with van der Waals surface area (Å²) in [6, 6.07) is 20.5. The van der Waals surface area contributed by atoms with Crippen LogP contribution in [0.4, 0.5) is 11.4 Å². The summed E-state index contributed by atoms with van der Waals surface area (Å²) in [5.74, 6) is 0.406. The number of morpholine rings is 1. The van der Waals surface area contributed by atoms with Gasteiger partial charge in [0.15, 0.2) is 0 Å². The second kappa shape index (κ2) is 12.8. The van der Waals surface area contributed by atoms with Crippen molar-refractivity contribution in [3.63, 3.8) is 0 Å². The summed E-state index contributed by atoms with van der Waals surface area (Å²) in [7, 11) is 0. The molecule has 2 amide bonds. The molecule has 2 saturated carbocycles. The number of H-pyrrole nitrogens is 1. The molecule has 3 heterocycles. The van der Waals surface area contributed by atoms with E-state index in [-0.39, 0.29) is 29.1 Å². The van der Waals surface area contributed by atoms with E-state index >= 15 is 0 Å². The van der Waals surface area contributed by atoms with Gasteiger partial charge in [-0.15, -0.1) is 0 Å². The molecule has 0 spiro atoms. The van der Waals surface area contributed by atoms with Gasteiger partial charge in [-0.1, -0.05) is 57.4 Å². The number of aromatic amines is 1. The van der Waals surface area contributed by atoms with Crippen LogP contribution in [0.3, 0.4) is 0 Å². The first-order valence-electron chi connectivity index (χ1n) is 17.3. The minimum absolute atomic E-state index is 0.0322. The zero-order chi connectivity index (χ0) is 32.6. The van der Waals surface area contributed by atoms with Crippen LogP contribution in [0.25, 0.3) is 10.9 Å². The Labute approximate surface area is 277 Å².